The van der Waals surface area contributed by atoms with Crippen molar-refractivity contribution in [2.24, 2.45) is 0 Å². The quantitative estimate of drug-likeness (QED) is 0.819. The van der Waals surface area contributed by atoms with Gasteiger partial charge in [0.25, 0.3) is 0 Å². The number of fused-ring (bicyclic) bond motifs is 1. The Morgan fingerprint density at radius 2 is 2.11 bits per heavy atom. The van der Waals surface area contributed by atoms with Crippen molar-refractivity contribution in [3.8, 4) is 11.5 Å². The zero-order valence-electron chi connectivity index (χ0n) is 11.3. The zero-order chi connectivity index (χ0) is 13.1. The van der Waals surface area contributed by atoms with E-state index in [0.717, 1.165) is 30.8 Å². The molecule has 19 heavy (non-hydrogen) atoms. The first-order valence-corrected chi connectivity index (χ1v) is 7.00. The molecule has 2 atom stereocenters. The van der Waals surface area contributed by atoms with Crippen molar-refractivity contribution in [2.75, 3.05) is 13.4 Å². The minimum atomic E-state index is -0.0149. The van der Waals surface area contributed by atoms with Crippen LogP contribution in [0.3, 0.4) is 0 Å². The lowest BCUT2D eigenvalue weighted by molar-refractivity contribution is -0.0626. The van der Waals surface area contributed by atoms with Gasteiger partial charge in [-0.2, -0.15) is 0 Å². The predicted octanol–water partition coefficient (Wildman–Crippen LogP) is 2.89. The molecule has 4 heteroatoms. The number of ether oxygens (including phenoxy) is 4. The van der Waals surface area contributed by atoms with Crippen molar-refractivity contribution < 1.29 is 18.9 Å². The molecule has 104 valence electrons. The average molecular weight is 264 g/mol. The Balaban J connectivity index is 1.54. The second-order valence-corrected chi connectivity index (χ2v) is 5.05. The maximum Gasteiger partial charge on any atom is 0.231 e. The van der Waals surface area contributed by atoms with E-state index in [-0.39, 0.29) is 12.4 Å². The summed E-state index contributed by atoms with van der Waals surface area (Å²) in [7, 11) is 0. The van der Waals surface area contributed by atoms with E-state index in [2.05, 4.69) is 13.0 Å². The Bertz CT molecular complexity index is 432. The van der Waals surface area contributed by atoms with E-state index in [0.29, 0.717) is 13.4 Å². The molecule has 1 aromatic carbocycles. The van der Waals surface area contributed by atoms with Gasteiger partial charge in [0.2, 0.25) is 6.79 Å². The summed E-state index contributed by atoms with van der Waals surface area (Å²) in [6.45, 7) is 3.18. The smallest absolute Gasteiger partial charge is 0.231 e. The lowest BCUT2D eigenvalue weighted by atomic mass is 10.1. The molecule has 0 bridgehead atoms. The molecule has 1 saturated heterocycles. The Kier molecular flexibility index (Phi) is 3.89. The molecule has 2 unspecified atom stereocenters. The van der Waals surface area contributed by atoms with Crippen molar-refractivity contribution in [3.05, 3.63) is 23.8 Å². The van der Waals surface area contributed by atoms with Crippen molar-refractivity contribution in [3.63, 3.8) is 0 Å². The number of hydrogen-bond donors (Lipinski definition) is 0. The largest absolute Gasteiger partial charge is 0.454 e. The molecular weight excluding hydrogens is 244 g/mol. The SMILES string of the molecule is CCCCC1OCC(Cc2ccc3c(c2)OCO3)O1. The van der Waals surface area contributed by atoms with E-state index in [1.165, 1.54) is 12.0 Å². The summed E-state index contributed by atoms with van der Waals surface area (Å²) in [6, 6.07) is 6.06. The second kappa shape index (κ2) is 5.80. The molecule has 0 aliphatic carbocycles. The number of rotatable bonds is 5. The van der Waals surface area contributed by atoms with Crippen molar-refractivity contribution in [1.82, 2.24) is 0 Å². The maximum atomic E-state index is 5.89. The molecule has 4 nitrogen and oxygen atoms in total. The molecule has 0 spiro atoms. The summed E-state index contributed by atoms with van der Waals surface area (Å²) in [5, 5.41) is 0. The lowest BCUT2D eigenvalue weighted by Gasteiger charge is -2.11. The van der Waals surface area contributed by atoms with Gasteiger partial charge in [-0.05, 0) is 30.5 Å². The van der Waals surface area contributed by atoms with Crippen LogP contribution in [-0.4, -0.2) is 25.8 Å². The lowest BCUT2D eigenvalue weighted by Crippen LogP contribution is -2.15. The molecule has 1 fully saturated rings. The molecule has 0 aromatic heterocycles. The Morgan fingerprint density at radius 1 is 1.21 bits per heavy atom. The van der Waals surface area contributed by atoms with Crippen LogP contribution in [0.15, 0.2) is 18.2 Å². The fourth-order valence-corrected chi connectivity index (χ4v) is 2.47. The standard InChI is InChI=1S/C15H20O4/c1-2-3-4-15-16-9-12(19-15)7-11-5-6-13-14(8-11)18-10-17-13/h5-6,8,12,15H,2-4,7,9-10H2,1H3. The Labute approximate surface area is 113 Å². The number of unbranched alkanes of at least 4 members (excludes halogenated alkanes) is 1. The van der Waals surface area contributed by atoms with Crippen LogP contribution in [0.4, 0.5) is 0 Å². The first-order chi connectivity index (χ1) is 9.35. The molecule has 3 rings (SSSR count). The van der Waals surface area contributed by atoms with E-state index in [1.807, 2.05) is 12.1 Å². The molecule has 1 aromatic rings. The Hall–Kier alpha value is -1.26. The third-order valence-corrected chi connectivity index (χ3v) is 3.51. The van der Waals surface area contributed by atoms with Crippen LogP contribution in [-0.2, 0) is 15.9 Å². The van der Waals surface area contributed by atoms with Gasteiger partial charge in [0, 0.05) is 6.42 Å². The van der Waals surface area contributed by atoms with Crippen molar-refractivity contribution in [1.29, 1.82) is 0 Å². The number of hydrogen-bond acceptors (Lipinski definition) is 4. The Morgan fingerprint density at radius 3 is 3.00 bits per heavy atom. The van der Waals surface area contributed by atoms with Crippen LogP contribution in [0.25, 0.3) is 0 Å². The van der Waals surface area contributed by atoms with Crippen molar-refractivity contribution in [2.45, 2.75) is 45.0 Å². The zero-order valence-corrected chi connectivity index (χ0v) is 11.3. The molecule has 0 amide bonds. The summed E-state index contributed by atoms with van der Waals surface area (Å²) < 4.78 is 22.2. The summed E-state index contributed by atoms with van der Waals surface area (Å²) in [6.07, 6.45) is 4.33. The third kappa shape index (κ3) is 3.01. The van der Waals surface area contributed by atoms with Gasteiger partial charge >= 0.3 is 0 Å². The molecule has 2 aliphatic heterocycles. The highest BCUT2D eigenvalue weighted by atomic mass is 16.7. The predicted molar refractivity (Wildman–Crippen MR) is 70.4 cm³/mol. The van der Waals surface area contributed by atoms with Gasteiger partial charge in [0.15, 0.2) is 17.8 Å². The molecule has 0 saturated carbocycles. The van der Waals surface area contributed by atoms with Gasteiger partial charge in [0.1, 0.15) is 0 Å². The van der Waals surface area contributed by atoms with Crippen LogP contribution >= 0.6 is 0 Å². The van der Waals surface area contributed by atoms with Crippen LogP contribution < -0.4 is 9.47 Å². The van der Waals surface area contributed by atoms with E-state index < -0.39 is 0 Å². The fraction of sp³-hybridized carbons (Fsp3) is 0.600. The van der Waals surface area contributed by atoms with E-state index in [4.69, 9.17) is 18.9 Å². The van der Waals surface area contributed by atoms with Crippen LogP contribution in [0.2, 0.25) is 0 Å². The highest BCUT2D eigenvalue weighted by Gasteiger charge is 2.26. The maximum absolute atomic E-state index is 5.89. The first-order valence-electron chi connectivity index (χ1n) is 7.00. The average Bonchev–Trinajstić information content (AvgIpc) is 3.05. The topological polar surface area (TPSA) is 36.9 Å². The van der Waals surface area contributed by atoms with Gasteiger partial charge < -0.3 is 18.9 Å². The van der Waals surface area contributed by atoms with Gasteiger partial charge in [-0.25, -0.2) is 0 Å². The summed E-state index contributed by atoms with van der Waals surface area (Å²) in [5.41, 5.74) is 1.20. The minimum Gasteiger partial charge on any atom is -0.454 e. The first kappa shape index (κ1) is 12.8. The van der Waals surface area contributed by atoms with Gasteiger partial charge in [0.05, 0.1) is 12.7 Å². The molecule has 2 aliphatic rings. The monoisotopic (exact) mass is 264 g/mol. The van der Waals surface area contributed by atoms with E-state index in [9.17, 15) is 0 Å². The number of benzene rings is 1. The van der Waals surface area contributed by atoms with E-state index >= 15 is 0 Å². The van der Waals surface area contributed by atoms with Crippen LogP contribution in [0.1, 0.15) is 31.7 Å². The van der Waals surface area contributed by atoms with Gasteiger partial charge in [-0.1, -0.05) is 19.4 Å². The second-order valence-electron chi connectivity index (χ2n) is 5.05. The highest BCUT2D eigenvalue weighted by Crippen LogP contribution is 2.33. The molecule has 0 radical (unpaired) electrons. The van der Waals surface area contributed by atoms with Gasteiger partial charge in [-0.3, -0.25) is 0 Å². The fourth-order valence-electron chi connectivity index (χ4n) is 2.47. The molecular formula is C15H20O4. The summed E-state index contributed by atoms with van der Waals surface area (Å²) in [5.74, 6) is 1.66. The third-order valence-electron chi connectivity index (χ3n) is 3.51. The normalized spacial score (nSPS) is 24.9. The molecule has 2 heterocycles. The van der Waals surface area contributed by atoms with Crippen LogP contribution in [0, 0.1) is 0 Å². The summed E-state index contributed by atoms with van der Waals surface area (Å²) >= 11 is 0. The minimum absolute atomic E-state index is 0.0149. The molecule has 0 N–H and O–H groups in total. The van der Waals surface area contributed by atoms with Crippen LogP contribution in [0.5, 0.6) is 11.5 Å². The van der Waals surface area contributed by atoms with E-state index in [1.54, 1.807) is 0 Å². The van der Waals surface area contributed by atoms with Gasteiger partial charge in [-0.15, -0.1) is 0 Å². The highest BCUT2D eigenvalue weighted by molar-refractivity contribution is 5.44. The van der Waals surface area contributed by atoms with Crippen molar-refractivity contribution >= 4 is 0 Å². The summed E-state index contributed by atoms with van der Waals surface area (Å²) in [4.78, 5) is 0.